The molecule has 0 unspecified atom stereocenters. The molecule has 1 fully saturated rings. The van der Waals surface area contributed by atoms with Gasteiger partial charge < -0.3 is 13.7 Å². The Balaban J connectivity index is 2.20. The standard InChI is InChI=1S/C16H26BClO3Si/c1-11(19-22(6)7)13-9-8-12(10-14(13)18)17-20-15(2,3)16(4,5)21-17/h8-11,22H,1-7H3/t11-/m0/s1. The summed E-state index contributed by atoms with van der Waals surface area (Å²) in [5, 5.41) is 0.703. The molecule has 0 bridgehead atoms. The molecule has 0 radical (unpaired) electrons. The molecule has 0 spiro atoms. The number of benzene rings is 1. The Morgan fingerprint density at radius 3 is 2.14 bits per heavy atom. The quantitative estimate of drug-likeness (QED) is 0.782. The fraction of sp³-hybridized carbons (Fsp3) is 0.625. The third-order valence-corrected chi connectivity index (χ3v) is 5.74. The summed E-state index contributed by atoms with van der Waals surface area (Å²) < 4.78 is 18.1. The summed E-state index contributed by atoms with van der Waals surface area (Å²) >= 11 is 6.45. The zero-order chi connectivity index (χ0) is 16.7. The first-order valence-electron chi connectivity index (χ1n) is 7.84. The summed E-state index contributed by atoms with van der Waals surface area (Å²) in [5.74, 6) is 0. The normalized spacial score (nSPS) is 21.4. The Labute approximate surface area is 141 Å². The molecule has 1 atom stereocenters. The van der Waals surface area contributed by atoms with Gasteiger partial charge in [0, 0.05) is 5.02 Å². The van der Waals surface area contributed by atoms with Crippen LogP contribution in [0, 0.1) is 0 Å². The van der Waals surface area contributed by atoms with E-state index in [0.29, 0.717) is 5.02 Å². The van der Waals surface area contributed by atoms with Crippen molar-refractivity contribution in [3.63, 3.8) is 0 Å². The summed E-state index contributed by atoms with van der Waals surface area (Å²) in [5.41, 5.74) is 1.27. The maximum Gasteiger partial charge on any atom is 0.494 e. The van der Waals surface area contributed by atoms with E-state index >= 15 is 0 Å². The molecule has 1 aliphatic rings. The molecule has 0 N–H and O–H groups in total. The fourth-order valence-corrected chi connectivity index (χ4v) is 3.79. The van der Waals surface area contributed by atoms with Crippen LogP contribution in [0.3, 0.4) is 0 Å². The van der Waals surface area contributed by atoms with Crippen molar-refractivity contribution in [2.45, 2.75) is 65.0 Å². The number of hydrogen-bond donors (Lipinski definition) is 0. The third-order valence-electron chi connectivity index (χ3n) is 4.46. The fourth-order valence-electron chi connectivity index (χ4n) is 2.48. The second-order valence-electron chi connectivity index (χ2n) is 7.20. The van der Waals surface area contributed by atoms with E-state index in [2.05, 4.69) is 13.1 Å². The van der Waals surface area contributed by atoms with Crippen molar-refractivity contribution >= 4 is 33.2 Å². The minimum Gasteiger partial charge on any atom is -0.414 e. The second-order valence-corrected chi connectivity index (χ2v) is 9.97. The molecule has 0 saturated carbocycles. The Morgan fingerprint density at radius 1 is 1.14 bits per heavy atom. The van der Waals surface area contributed by atoms with Crippen molar-refractivity contribution in [2.24, 2.45) is 0 Å². The highest BCUT2D eigenvalue weighted by Crippen LogP contribution is 2.37. The van der Waals surface area contributed by atoms with Crippen LogP contribution in [0.2, 0.25) is 18.1 Å². The van der Waals surface area contributed by atoms with Crippen LogP contribution < -0.4 is 5.46 Å². The summed E-state index contributed by atoms with van der Waals surface area (Å²) in [4.78, 5) is 0. The zero-order valence-corrected chi connectivity index (χ0v) is 16.5. The SMILES string of the molecule is C[C@H](O[SiH](C)C)c1ccc(B2OC(C)(C)C(C)(C)O2)cc1Cl. The van der Waals surface area contributed by atoms with E-state index in [1.54, 1.807) is 0 Å². The highest BCUT2D eigenvalue weighted by molar-refractivity contribution is 6.62. The molecule has 1 saturated heterocycles. The van der Waals surface area contributed by atoms with E-state index in [9.17, 15) is 0 Å². The minimum absolute atomic E-state index is 0.0199. The lowest BCUT2D eigenvalue weighted by Gasteiger charge is -2.32. The lowest BCUT2D eigenvalue weighted by molar-refractivity contribution is 0.00578. The van der Waals surface area contributed by atoms with Gasteiger partial charge in [-0.1, -0.05) is 23.7 Å². The second kappa shape index (κ2) is 6.29. The molecule has 0 aromatic heterocycles. The summed E-state index contributed by atoms with van der Waals surface area (Å²) in [6, 6.07) is 5.97. The number of hydrogen-bond acceptors (Lipinski definition) is 3. The van der Waals surface area contributed by atoms with Gasteiger partial charge in [-0.05, 0) is 64.8 Å². The summed E-state index contributed by atoms with van der Waals surface area (Å²) in [6.45, 7) is 14.5. The summed E-state index contributed by atoms with van der Waals surface area (Å²) in [7, 11) is -1.48. The third kappa shape index (κ3) is 3.60. The molecular formula is C16H26BClO3Si. The summed E-state index contributed by atoms with van der Waals surface area (Å²) in [6.07, 6.45) is 0.0199. The van der Waals surface area contributed by atoms with Crippen LogP contribution in [0.5, 0.6) is 0 Å². The monoisotopic (exact) mass is 340 g/mol. The zero-order valence-electron chi connectivity index (χ0n) is 14.6. The molecular weight excluding hydrogens is 315 g/mol. The van der Waals surface area contributed by atoms with E-state index in [-0.39, 0.29) is 24.4 Å². The molecule has 1 aliphatic heterocycles. The van der Waals surface area contributed by atoms with Gasteiger partial charge >= 0.3 is 7.12 Å². The molecule has 6 heteroatoms. The van der Waals surface area contributed by atoms with Gasteiger partial charge in [0.25, 0.3) is 0 Å². The van der Waals surface area contributed by atoms with Gasteiger partial charge in [-0.3, -0.25) is 0 Å². The van der Waals surface area contributed by atoms with Crippen LogP contribution in [0.25, 0.3) is 0 Å². The maximum absolute atomic E-state index is 6.45. The van der Waals surface area contributed by atoms with Crippen LogP contribution in [-0.2, 0) is 13.7 Å². The van der Waals surface area contributed by atoms with Crippen LogP contribution in [0.1, 0.15) is 46.3 Å². The molecule has 0 aliphatic carbocycles. The van der Waals surface area contributed by atoms with Gasteiger partial charge in [0.1, 0.15) is 0 Å². The average molecular weight is 341 g/mol. The smallest absolute Gasteiger partial charge is 0.414 e. The minimum atomic E-state index is -1.10. The van der Waals surface area contributed by atoms with Crippen LogP contribution in [-0.4, -0.2) is 27.4 Å². The average Bonchev–Trinajstić information content (AvgIpc) is 2.57. The topological polar surface area (TPSA) is 27.7 Å². The predicted octanol–water partition coefficient (Wildman–Crippen LogP) is 3.70. The van der Waals surface area contributed by atoms with Gasteiger partial charge in [-0.15, -0.1) is 0 Å². The van der Waals surface area contributed by atoms with Crippen molar-refractivity contribution in [3.8, 4) is 0 Å². The number of halogens is 1. The van der Waals surface area contributed by atoms with E-state index < -0.39 is 9.04 Å². The van der Waals surface area contributed by atoms with Gasteiger partial charge in [0.05, 0.1) is 17.3 Å². The van der Waals surface area contributed by atoms with Gasteiger partial charge in [-0.2, -0.15) is 0 Å². The van der Waals surface area contributed by atoms with Gasteiger partial charge in [0.2, 0.25) is 0 Å². The first-order chi connectivity index (χ1) is 10.0. The lowest BCUT2D eigenvalue weighted by atomic mass is 9.78. The van der Waals surface area contributed by atoms with Crippen molar-refractivity contribution in [1.29, 1.82) is 0 Å². The molecule has 122 valence electrons. The van der Waals surface area contributed by atoms with Gasteiger partial charge in [-0.25, -0.2) is 0 Å². The molecule has 1 aromatic carbocycles. The van der Waals surface area contributed by atoms with Crippen molar-refractivity contribution in [1.82, 2.24) is 0 Å². The molecule has 1 heterocycles. The number of rotatable bonds is 4. The first-order valence-corrected chi connectivity index (χ1v) is 11.0. The Morgan fingerprint density at radius 2 is 1.68 bits per heavy atom. The van der Waals surface area contributed by atoms with Crippen molar-refractivity contribution in [3.05, 3.63) is 28.8 Å². The van der Waals surface area contributed by atoms with Crippen molar-refractivity contribution in [2.75, 3.05) is 0 Å². The lowest BCUT2D eigenvalue weighted by Crippen LogP contribution is -2.41. The van der Waals surface area contributed by atoms with E-state index in [1.165, 1.54) is 0 Å². The molecule has 22 heavy (non-hydrogen) atoms. The molecule has 2 rings (SSSR count). The Bertz CT molecular complexity index is 532. The molecule has 0 amide bonds. The maximum atomic E-state index is 6.45. The Hall–Kier alpha value is -0.328. The van der Waals surface area contributed by atoms with E-state index in [0.717, 1.165) is 11.0 Å². The van der Waals surface area contributed by atoms with Gasteiger partial charge in [0.15, 0.2) is 9.04 Å². The highest BCUT2D eigenvalue weighted by atomic mass is 35.5. The van der Waals surface area contributed by atoms with Crippen LogP contribution in [0.4, 0.5) is 0 Å². The van der Waals surface area contributed by atoms with Crippen molar-refractivity contribution < 1.29 is 13.7 Å². The highest BCUT2D eigenvalue weighted by Gasteiger charge is 2.51. The predicted molar refractivity (Wildman–Crippen MR) is 95.5 cm³/mol. The molecule has 3 nitrogen and oxygen atoms in total. The molecule has 1 aromatic rings. The largest absolute Gasteiger partial charge is 0.494 e. The first kappa shape index (κ1) is 18.0. The van der Waals surface area contributed by atoms with E-state index in [4.69, 9.17) is 25.3 Å². The Kier molecular flexibility index (Phi) is 5.15. The van der Waals surface area contributed by atoms with Crippen LogP contribution in [0.15, 0.2) is 18.2 Å². The van der Waals surface area contributed by atoms with Crippen LogP contribution >= 0.6 is 11.6 Å². The van der Waals surface area contributed by atoms with E-state index in [1.807, 2.05) is 52.8 Å².